The molecule has 3 rings (SSSR count). The van der Waals surface area contributed by atoms with Gasteiger partial charge in [-0.25, -0.2) is 4.98 Å². The topological polar surface area (TPSA) is 67.6 Å². The van der Waals surface area contributed by atoms with E-state index in [0.717, 1.165) is 43.8 Å². The Morgan fingerprint density at radius 2 is 2.16 bits per heavy atom. The van der Waals surface area contributed by atoms with Crippen LogP contribution in [0.15, 0.2) is 28.7 Å². The highest BCUT2D eigenvalue weighted by molar-refractivity contribution is 5.93. The molecule has 2 aromatic rings. The Morgan fingerprint density at radius 1 is 1.40 bits per heavy atom. The number of aromatic nitrogens is 1. The van der Waals surface area contributed by atoms with E-state index in [1.54, 1.807) is 14.0 Å². The van der Waals surface area contributed by atoms with Gasteiger partial charge in [0.1, 0.15) is 11.5 Å². The fourth-order valence-electron chi connectivity index (χ4n) is 3.31. The predicted octanol–water partition coefficient (Wildman–Crippen LogP) is 2.73. The van der Waals surface area contributed by atoms with Crippen molar-refractivity contribution in [3.8, 4) is 17.2 Å². The molecule has 134 valence electrons. The van der Waals surface area contributed by atoms with Gasteiger partial charge in [-0.3, -0.25) is 4.79 Å². The van der Waals surface area contributed by atoms with Crippen molar-refractivity contribution in [1.82, 2.24) is 15.2 Å². The number of piperidine rings is 1. The van der Waals surface area contributed by atoms with Gasteiger partial charge < -0.3 is 19.4 Å². The summed E-state index contributed by atoms with van der Waals surface area (Å²) in [6.07, 6.45) is 2.18. The van der Waals surface area contributed by atoms with E-state index in [9.17, 15) is 4.79 Å². The molecule has 1 amide bonds. The van der Waals surface area contributed by atoms with Crippen molar-refractivity contribution in [1.29, 1.82) is 0 Å². The average molecular weight is 343 g/mol. The van der Waals surface area contributed by atoms with Crippen molar-refractivity contribution >= 4 is 5.91 Å². The van der Waals surface area contributed by atoms with Gasteiger partial charge in [-0.1, -0.05) is 0 Å². The summed E-state index contributed by atoms with van der Waals surface area (Å²) in [5, 5.41) is 3.20. The van der Waals surface area contributed by atoms with E-state index in [1.807, 2.05) is 36.2 Å². The van der Waals surface area contributed by atoms with Crippen molar-refractivity contribution < 1.29 is 13.9 Å². The molecule has 1 fully saturated rings. The molecule has 0 unspecified atom stereocenters. The summed E-state index contributed by atoms with van der Waals surface area (Å²) in [4.78, 5) is 19.2. The Labute approximate surface area is 148 Å². The number of amides is 1. The zero-order valence-corrected chi connectivity index (χ0v) is 15.0. The summed E-state index contributed by atoms with van der Waals surface area (Å²) in [6, 6.07) is 7.46. The highest BCUT2D eigenvalue weighted by atomic mass is 16.5. The first-order valence-electron chi connectivity index (χ1n) is 8.68. The quantitative estimate of drug-likeness (QED) is 0.904. The zero-order valence-electron chi connectivity index (χ0n) is 15.0. The molecule has 1 N–H and O–H groups in total. The molecule has 1 aliphatic heterocycles. The molecule has 1 saturated heterocycles. The molecule has 6 heteroatoms. The molecule has 0 saturated carbocycles. The van der Waals surface area contributed by atoms with Gasteiger partial charge in [0.25, 0.3) is 5.91 Å². The lowest BCUT2D eigenvalue weighted by molar-refractivity contribution is 0.0667. The van der Waals surface area contributed by atoms with Gasteiger partial charge >= 0.3 is 0 Å². The Morgan fingerprint density at radius 3 is 2.84 bits per heavy atom. The van der Waals surface area contributed by atoms with Gasteiger partial charge in [-0.2, -0.15) is 0 Å². The first kappa shape index (κ1) is 17.5. The molecule has 1 aromatic heterocycles. The van der Waals surface area contributed by atoms with Crippen LogP contribution >= 0.6 is 0 Å². The van der Waals surface area contributed by atoms with Crippen molar-refractivity contribution in [2.75, 3.05) is 33.8 Å². The van der Waals surface area contributed by atoms with E-state index in [-0.39, 0.29) is 5.91 Å². The molecule has 1 atom stereocenters. The molecule has 0 spiro atoms. The van der Waals surface area contributed by atoms with Crippen LogP contribution in [0.1, 0.15) is 29.1 Å². The van der Waals surface area contributed by atoms with Gasteiger partial charge in [0.15, 0.2) is 5.69 Å². The van der Waals surface area contributed by atoms with Crippen molar-refractivity contribution in [2.45, 2.75) is 19.8 Å². The number of hydrogen-bond acceptors (Lipinski definition) is 5. The second-order valence-corrected chi connectivity index (χ2v) is 6.47. The molecule has 0 bridgehead atoms. The number of rotatable bonds is 5. The SMILES string of the molecule is CNC[C@@H]1CCCN(C(=O)c2nc(-c3ccc(OC)cc3)oc2C)C1. The lowest BCUT2D eigenvalue weighted by Crippen LogP contribution is -2.42. The number of likely N-dealkylation sites (tertiary alicyclic amines) is 1. The molecule has 0 aliphatic carbocycles. The molecule has 0 radical (unpaired) electrons. The van der Waals surface area contributed by atoms with Gasteiger partial charge in [-0.05, 0) is 63.5 Å². The molecular formula is C19H25N3O3. The molecule has 25 heavy (non-hydrogen) atoms. The Balaban J connectivity index is 1.78. The van der Waals surface area contributed by atoms with E-state index in [2.05, 4.69) is 10.3 Å². The van der Waals surface area contributed by atoms with Crippen LogP contribution < -0.4 is 10.1 Å². The standard InChI is InChI=1S/C19H25N3O3/c1-13-17(19(23)22-10-4-5-14(12-22)11-20-2)21-18(25-13)15-6-8-16(24-3)9-7-15/h6-9,14,20H,4-5,10-12H2,1-3H3/t14-/m0/s1. The maximum atomic E-state index is 12.9. The molecule has 1 aromatic carbocycles. The third-order valence-corrected chi connectivity index (χ3v) is 4.64. The number of aryl methyl sites for hydroxylation is 1. The highest BCUT2D eigenvalue weighted by Gasteiger charge is 2.28. The summed E-state index contributed by atoms with van der Waals surface area (Å²) in [7, 11) is 3.57. The largest absolute Gasteiger partial charge is 0.497 e. The fourth-order valence-corrected chi connectivity index (χ4v) is 3.31. The minimum absolute atomic E-state index is 0.0400. The van der Waals surface area contributed by atoms with Gasteiger partial charge in [0.05, 0.1) is 7.11 Å². The number of benzene rings is 1. The number of methoxy groups -OCH3 is 1. The second-order valence-electron chi connectivity index (χ2n) is 6.47. The van der Waals surface area contributed by atoms with E-state index in [1.165, 1.54) is 0 Å². The minimum Gasteiger partial charge on any atom is -0.497 e. The van der Waals surface area contributed by atoms with Crippen LogP contribution in [0.3, 0.4) is 0 Å². The molecule has 6 nitrogen and oxygen atoms in total. The van der Waals surface area contributed by atoms with Crippen LogP contribution in [-0.2, 0) is 0 Å². The third kappa shape index (κ3) is 3.85. The van der Waals surface area contributed by atoms with E-state index in [0.29, 0.717) is 23.3 Å². The van der Waals surface area contributed by atoms with Gasteiger partial charge in [0.2, 0.25) is 5.89 Å². The maximum Gasteiger partial charge on any atom is 0.276 e. The minimum atomic E-state index is -0.0400. The first-order chi connectivity index (χ1) is 12.1. The molecular weight excluding hydrogens is 318 g/mol. The number of carbonyl (C=O) groups is 1. The van der Waals surface area contributed by atoms with Crippen LogP contribution in [-0.4, -0.2) is 49.6 Å². The lowest BCUT2D eigenvalue weighted by Gasteiger charge is -2.32. The zero-order chi connectivity index (χ0) is 17.8. The Kier molecular flexibility index (Phi) is 5.38. The summed E-state index contributed by atoms with van der Waals surface area (Å²) >= 11 is 0. The van der Waals surface area contributed by atoms with E-state index < -0.39 is 0 Å². The van der Waals surface area contributed by atoms with Crippen molar-refractivity contribution in [2.24, 2.45) is 5.92 Å². The number of nitrogens with zero attached hydrogens (tertiary/aromatic N) is 2. The van der Waals surface area contributed by atoms with Crippen molar-refractivity contribution in [3.05, 3.63) is 35.7 Å². The van der Waals surface area contributed by atoms with Crippen LogP contribution in [0.25, 0.3) is 11.5 Å². The normalized spacial score (nSPS) is 17.6. The maximum absolute atomic E-state index is 12.9. The molecule has 1 aliphatic rings. The number of ether oxygens (including phenoxy) is 1. The van der Waals surface area contributed by atoms with Gasteiger partial charge in [-0.15, -0.1) is 0 Å². The summed E-state index contributed by atoms with van der Waals surface area (Å²) in [5.74, 6) is 2.25. The van der Waals surface area contributed by atoms with Crippen LogP contribution in [0.5, 0.6) is 5.75 Å². The number of oxazole rings is 1. The number of carbonyl (C=O) groups excluding carboxylic acids is 1. The second kappa shape index (κ2) is 7.70. The van der Waals surface area contributed by atoms with E-state index >= 15 is 0 Å². The Bertz CT molecular complexity index is 722. The molecule has 2 heterocycles. The fraction of sp³-hybridized carbons (Fsp3) is 0.474. The summed E-state index contributed by atoms with van der Waals surface area (Å²) in [5.41, 5.74) is 1.24. The van der Waals surface area contributed by atoms with Crippen LogP contribution in [0.2, 0.25) is 0 Å². The Hall–Kier alpha value is -2.34. The predicted molar refractivity (Wildman–Crippen MR) is 95.8 cm³/mol. The number of nitrogens with one attached hydrogen (secondary N) is 1. The van der Waals surface area contributed by atoms with Gasteiger partial charge in [0, 0.05) is 18.7 Å². The smallest absolute Gasteiger partial charge is 0.276 e. The lowest BCUT2D eigenvalue weighted by atomic mass is 9.98. The first-order valence-corrected chi connectivity index (χ1v) is 8.68. The third-order valence-electron chi connectivity index (χ3n) is 4.64. The number of hydrogen-bond donors (Lipinski definition) is 1. The average Bonchev–Trinajstić information content (AvgIpc) is 3.03. The van der Waals surface area contributed by atoms with Crippen molar-refractivity contribution in [3.63, 3.8) is 0 Å². The monoisotopic (exact) mass is 343 g/mol. The van der Waals surface area contributed by atoms with Crippen LogP contribution in [0, 0.1) is 12.8 Å². The van der Waals surface area contributed by atoms with Crippen LogP contribution in [0.4, 0.5) is 0 Å². The highest BCUT2D eigenvalue weighted by Crippen LogP contribution is 2.26. The summed E-state index contributed by atoms with van der Waals surface area (Å²) in [6.45, 7) is 4.27. The van der Waals surface area contributed by atoms with E-state index in [4.69, 9.17) is 9.15 Å². The summed E-state index contributed by atoms with van der Waals surface area (Å²) < 4.78 is 10.9.